The van der Waals surface area contributed by atoms with Crippen LogP contribution >= 0.6 is 22.7 Å². The molecule has 2 heterocycles. The number of aliphatic hydroxyl groups is 1. The molecule has 7 heteroatoms. The second-order valence-electron chi connectivity index (χ2n) is 4.14. The number of anilines is 1. The molecule has 0 saturated heterocycles. The van der Waals surface area contributed by atoms with Crippen LogP contribution in [-0.2, 0) is 16.6 Å². The lowest BCUT2D eigenvalue weighted by Crippen LogP contribution is -2.13. The third kappa shape index (κ3) is 2.45. The van der Waals surface area contributed by atoms with Crippen LogP contribution < -0.4 is 4.72 Å². The fourth-order valence-electron chi connectivity index (χ4n) is 1.92. The molecule has 0 radical (unpaired) electrons. The van der Waals surface area contributed by atoms with Crippen molar-refractivity contribution in [3.63, 3.8) is 0 Å². The van der Waals surface area contributed by atoms with E-state index in [-0.39, 0.29) is 11.5 Å². The first-order valence-electron chi connectivity index (χ1n) is 5.77. The number of hydrogen-bond donors (Lipinski definition) is 2. The summed E-state index contributed by atoms with van der Waals surface area (Å²) in [4.78, 5) is 0.574. The van der Waals surface area contributed by atoms with Gasteiger partial charge in [0.15, 0.2) is 0 Å². The van der Waals surface area contributed by atoms with E-state index in [4.69, 9.17) is 5.11 Å². The summed E-state index contributed by atoms with van der Waals surface area (Å²) in [6, 6.07) is 8.87. The Kier molecular flexibility index (Phi) is 3.51. The van der Waals surface area contributed by atoms with Gasteiger partial charge in [-0.1, -0.05) is 0 Å². The normalized spacial score (nSPS) is 11.8. The molecule has 2 N–H and O–H groups in total. The van der Waals surface area contributed by atoms with Gasteiger partial charge < -0.3 is 5.11 Å². The van der Waals surface area contributed by atoms with Gasteiger partial charge >= 0.3 is 0 Å². The fraction of sp³-hybridized carbons (Fsp3) is 0.0769. The van der Waals surface area contributed by atoms with Gasteiger partial charge in [-0.15, -0.1) is 22.7 Å². The maximum absolute atomic E-state index is 12.3. The third-order valence-electron chi connectivity index (χ3n) is 2.84. The van der Waals surface area contributed by atoms with Crippen molar-refractivity contribution in [1.29, 1.82) is 0 Å². The van der Waals surface area contributed by atoms with Crippen molar-refractivity contribution < 1.29 is 13.5 Å². The summed E-state index contributed by atoms with van der Waals surface area (Å²) in [6.45, 7) is -0.280. The van der Waals surface area contributed by atoms with Crippen molar-refractivity contribution in [3.05, 3.63) is 46.0 Å². The molecular weight excluding hydrogens is 314 g/mol. The monoisotopic (exact) mass is 325 g/mol. The van der Waals surface area contributed by atoms with Crippen molar-refractivity contribution in [2.24, 2.45) is 0 Å². The molecule has 0 atom stereocenters. The smallest absolute Gasteiger partial charge is 0.263 e. The van der Waals surface area contributed by atoms with Gasteiger partial charge in [0.1, 0.15) is 4.90 Å². The highest BCUT2D eigenvalue weighted by atomic mass is 32.2. The van der Waals surface area contributed by atoms with Crippen molar-refractivity contribution >= 4 is 48.5 Å². The summed E-state index contributed by atoms with van der Waals surface area (Å²) in [5.74, 6) is 0. The van der Waals surface area contributed by atoms with Crippen LogP contribution in [0.5, 0.6) is 0 Å². The van der Waals surface area contributed by atoms with Crippen LogP contribution in [0.2, 0.25) is 0 Å². The summed E-state index contributed by atoms with van der Waals surface area (Å²) >= 11 is 2.83. The predicted molar refractivity (Wildman–Crippen MR) is 82.9 cm³/mol. The molecule has 0 aliphatic rings. The number of aliphatic hydroxyl groups excluding tert-OH is 1. The van der Waals surface area contributed by atoms with E-state index in [2.05, 4.69) is 4.72 Å². The standard InChI is InChI=1S/C13H11NO3S3/c15-8-12-13(4-6-19-12)20(16,17)14-10-1-2-11-9(7-10)3-5-18-11/h1-7,14-15H,8H2. The van der Waals surface area contributed by atoms with Gasteiger partial charge in [0.25, 0.3) is 10.0 Å². The highest BCUT2D eigenvalue weighted by Crippen LogP contribution is 2.27. The Balaban J connectivity index is 1.96. The van der Waals surface area contributed by atoms with E-state index in [1.165, 1.54) is 17.4 Å². The number of benzene rings is 1. The zero-order valence-corrected chi connectivity index (χ0v) is 12.7. The lowest BCUT2D eigenvalue weighted by Gasteiger charge is -2.08. The Morgan fingerprint density at radius 1 is 1.10 bits per heavy atom. The molecule has 0 fully saturated rings. The van der Waals surface area contributed by atoms with Gasteiger partial charge in [-0.25, -0.2) is 8.42 Å². The van der Waals surface area contributed by atoms with Gasteiger partial charge in [0.05, 0.1) is 11.5 Å². The van der Waals surface area contributed by atoms with E-state index in [1.54, 1.807) is 28.8 Å². The number of fused-ring (bicyclic) bond motifs is 1. The maximum atomic E-state index is 12.3. The summed E-state index contributed by atoms with van der Waals surface area (Å²) < 4.78 is 28.3. The van der Waals surface area contributed by atoms with Gasteiger partial charge in [-0.3, -0.25) is 4.72 Å². The van der Waals surface area contributed by atoms with Gasteiger partial charge in [0, 0.05) is 10.4 Å². The minimum Gasteiger partial charge on any atom is -0.391 e. The maximum Gasteiger partial charge on any atom is 0.263 e. The molecule has 3 aromatic rings. The van der Waals surface area contributed by atoms with E-state index in [0.29, 0.717) is 10.6 Å². The average Bonchev–Trinajstić information content (AvgIpc) is 3.06. The van der Waals surface area contributed by atoms with Crippen LogP contribution in [0.25, 0.3) is 10.1 Å². The Bertz CT molecular complexity index is 849. The summed E-state index contributed by atoms with van der Waals surface area (Å²) in [5, 5.41) is 13.8. The van der Waals surface area contributed by atoms with Crippen LogP contribution in [0.3, 0.4) is 0 Å². The molecule has 4 nitrogen and oxygen atoms in total. The topological polar surface area (TPSA) is 66.4 Å². The quantitative estimate of drug-likeness (QED) is 0.774. The summed E-state index contributed by atoms with van der Waals surface area (Å²) in [7, 11) is -3.66. The third-order valence-corrected chi connectivity index (χ3v) is 6.24. The van der Waals surface area contributed by atoms with Crippen molar-refractivity contribution in [3.8, 4) is 0 Å². The van der Waals surface area contributed by atoms with E-state index in [9.17, 15) is 8.42 Å². The van der Waals surface area contributed by atoms with Crippen LogP contribution in [0, 0.1) is 0 Å². The van der Waals surface area contributed by atoms with E-state index < -0.39 is 10.0 Å². The van der Waals surface area contributed by atoms with Gasteiger partial charge in [0.2, 0.25) is 0 Å². The lowest BCUT2D eigenvalue weighted by molar-refractivity contribution is 0.282. The zero-order valence-electron chi connectivity index (χ0n) is 10.2. The molecule has 3 rings (SSSR count). The molecule has 0 amide bonds. The molecule has 0 saturated carbocycles. The van der Waals surface area contributed by atoms with Crippen LogP contribution in [-0.4, -0.2) is 13.5 Å². The highest BCUT2D eigenvalue weighted by Gasteiger charge is 2.19. The fourth-order valence-corrected chi connectivity index (χ4v) is 5.04. The second kappa shape index (κ2) is 5.17. The summed E-state index contributed by atoms with van der Waals surface area (Å²) in [6.07, 6.45) is 0. The molecular formula is C13H11NO3S3. The molecule has 0 spiro atoms. The molecule has 0 aliphatic carbocycles. The Hall–Kier alpha value is -1.41. The molecule has 0 bridgehead atoms. The highest BCUT2D eigenvalue weighted by molar-refractivity contribution is 7.93. The largest absolute Gasteiger partial charge is 0.391 e. The van der Waals surface area contributed by atoms with Crippen LogP contribution in [0.15, 0.2) is 46.0 Å². The molecule has 20 heavy (non-hydrogen) atoms. The number of rotatable bonds is 4. The molecule has 0 aliphatic heterocycles. The van der Waals surface area contributed by atoms with E-state index >= 15 is 0 Å². The first kappa shape index (κ1) is 13.6. The molecule has 104 valence electrons. The minimum atomic E-state index is -3.66. The molecule has 1 aromatic carbocycles. The Labute approximate surface area is 124 Å². The minimum absolute atomic E-state index is 0.135. The first-order chi connectivity index (χ1) is 9.60. The van der Waals surface area contributed by atoms with Crippen LogP contribution in [0.4, 0.5) is 5.69 Å². The average molecular weight is 325 g/mol. The SMILES string of the molecule is O=S(=O)(Nc1ccc2sccc2c1)c1ccsc1CO. The molecule has 2 aromatic heterocycles. The van der Waals surface area contributed by atoms with Crippen molar-refractivity contribution in [2.75, 3.05) is 4.72 Å². The lowest BCUT2D eigenvalue weighted by atomic mass is 10.2. The van der Waals surface area contributed by atoms with Gasteiger partial charge in [-0.05, 0) is 46.5 Å². The van der Waals surface area contributed by atoms with E-state index in [0.717, 1.165) is 10.1 Å². The van der Waals surface area contributed by atoms with Gasteiger partial charge in [-0.2, -0.15) is 0 Å². The molecule has 0 unspecified atom stereocenters. The predicted octanol–water partition coefficient (Wildman–Crippen LogP) is 3.26. The summed E-state index contributed by atoms with van der Waals surface area (Å²) in [5.41, 5.74) is 0.519. The number of hydrogen-bond acceptors (Lipinski definition) is 5. The van der Waals surface area contributed by atoms with Crippen molar-refractivity contribution in [2.45, 2.75) is 11.5 Å². The zero-order chi connectivity index (χ0) is 14.2. The first-order valence-corrected chi connectivity index (χ1v) is 9.02. The van der Waals surface area contributed by atoms with Crippen LogP contribution in [0.1, 0.15) is 4.88 Å². The number of sulfonamides is 1. The number of thiophene rings is 2. The Morgan fingerprint density at radius 2 is 1.90 bits per heavy atom. The second-order valence-corrected chi connectivity index (χ2v) is 7.74. The Morgan fingerprint density at radius 3 is 2.70 bits per heavy atom. The van der Waals surface area contributed by atoms with Crippen molar-refractivity contribution in [1.82, 2.24) is 0 Å². The van der Waals surface area contributed by atoms with E-state index in [1.807, 2.05) is 17.5 Å². The number of nitrogens with one attached hydrogen (secondary N) is 1.